The molecule has 0 aliphatic rings. The first-order chi connectivity index (χ1) is 9.69. The van der Waals surface area contributed by atoms with Crippen LogP contribution in [0.4, 0.5) is 0 Å². The number of carbonyl (C=O) groups excluding carboxylic acids is 1. The predicted molar refractivity (Wildman–Crippen MR) is 75.8 cm³/mol. The molecule has 6 nitrogen and oxygen atoms in total. The Morgan fingerprint density at radius 1 is 1.29 bits per heavy atom. The maximum atomic E-state index is 11.7. The van der Waals surface area contributed by atoms with Gasteiger partial charge in [0.2, 0.25) is 0 Å². The van der Waals surface area contributed by atoms with Crippen molar-refractivity contribution in [2.75, 3.05) is 0 Å². The second-order valence-electron chi connectivity index (χ2n) is 5.50. The fraction of sp³-hybridized carbons (Fsp3) is 0.333. The van der Waals surface area contributed by atoms with Crippen LogP contribution >= 0.6 is 0 Å². The molecule has 0 aliphatic heterocycles. The highest BCUT2D eigenvalue weighted by molar-refractivity contribution is 5.91. The summed E-state index contributed by atoms with van der Waals surface area (Å²) < 4.78 is 15.5. The summed E-state index contributed by atoms with van der Waals surface area (Å²) in [6.07, 6.45) is 0. The van der Waals surface area contributed by atoms with Gasteiger partial charge >= 0.3 is 11.6 Å². The summed E-state index contributed by atoms with van der Waals surface area (Å²) in [5, 5.41) is 10.4. The molecule has 1 heterocycles. The fourth-order valence-corrected chi connectivity index (χ4v) is 1.83. The summed E-state index contributed by atoms with van der Waals surface area (Å²) in [4.78, 5) is 22.8. The molecule has 1 aromatic carbocycles. The molecule has 2 rings (SSSR count). The van der Waals surface area contributed by atoms with Crippen LogP contribution in [0.3, 0.4) is 0 Å². The molecule has 0 unspecified atom stereocenters. The summed E-state index contributed by atoms with van der Waals surface area (Å²) in [7, 11) is 0. The Balaban J connectivity index is 2.73. The Kier molecular flexibility index (Phi) is 3.63. The summed E-state index contributed by atoms with van der Waals surface area (Å²) in [6, 6.07) is 4.78. The Morgan fingerprint density at radius 2 is 1.95 bits per heavy atom. The van der Waals surface area contributed by atoms with Crippen LogP contribution in [0.1, 0.15) is 27.7 Å². The van der Waals surface area contributed by atoms with E-state index >= 15 is 0 Å². The second kappa shape index (κ2) is 5.12. The molecular weight excluding hydrogens is 276 g/mol. The van der Waals surface area contributed by atoms with Crippen molar-refractivity contribution in [1.82, 2.24) is 0 Å². The van der Waals surface area contributed by atoms with Crippen LogP contribution in [0.15, 0.2) is 27.4 Å². The van der Waals surface area contributed by atoms with Crippen molar-refractivity contribution in [2.24, 2.45) is 0 Å². The van der Waals surface area contributed by atoms with Crippen molar-refractivity contribution < 1.29 is 23.8 Å². The molecule has 1 N–H and O–H groups in total. The maximum Gasteiger partial charge on any atom is 0.383 e. The zero-order chi connectivity index (χ0) is 15.8. The number of benzene rings is 1. The lowest BCUT2D eigenvalue weighted by atomic mass is 10.1. The van der Waals surface area contributed by atoms with Gasteiger partial charge in [-0.15, -0.1) is 0 Å². The maximum absolute atomic E-state index is 11.7. The molecule has 6 heteroatoms. The van der Waals surface area contributed by atoms with Gasteiger partial charge < -0.3 is 19.0 Å². The van der Waals surface area contributed by atoms with Crippen molar-refractivity contribution in [1.29, 1.82) is 0 Å². The van der Waals surface area contributed by atoms with E-state index in [-0.39, 0.29) is 11.0 Å². The van der Waals surface area contributed by atoms with Crippen LogP contribution in [-0.4, -0.2) is 16.7 Å². The molecule has 0 saturated carbocycles. The van der Waals surface area contributed by atoms with E-state index < -0.39 is 28.7 Å². The van der Waals surface area contributed by atoms with Crippen LogP contribution in [0.25, 0.3) is 11.0 Å². The molecule has 0 saturated heterocycles. The van der Waals surface area contributed by atoms with Gasteiger partial charge in [-0.1, -0.05) is 6.07 Å². The van der Waals surface area contributed by atoms with Crippen LogP contribution < -0.4 is 15.1 Å². The zero-order valence-electron chi connectivity index (χ0n) is 12.2. The highest BCUT2D eigenvalue weighted by atomic mass is 16.6. The second-order valence-corrected chi connectivity index (χ2v) is 5.50. The average molecular weight is 292 g/mol. The average Bonchev–Trinajstić information content (AvgIpc) is 2.32. The monoisotopic (exact) mass is 292 g/mol. The summed E-state index contributed by atoms with van der Waals surface area (Å²) >= 11 is 0. The molecule has 21 heavy (non-hydrogen) atoms. The Morgan fingerprint density at radius 3 is 2.52 bits per heavy atom. The standard InChI is InChI=1S/C15H16O6/c1-8(16)19-13-12(17)11-9(20-14(13)18)6-5-7-10(11)21-15(2,3)4/h5-7,17H,1-4H3. The third-order valence-corrected chi connectivity index (χ3v) is 2.49. The van der Waals surface area contributed by atoms with Gasteiger partial charge in [-0.3, -0.25) is 4.79 Å². The number of rotatable bonds is 2. The first-order valence-corrected chi connectivity index (χ1v) is 6.35. The lowest BCUT2D eigenvalue weighted by Crippen LogP contribution is -2.23. The molecule has 112 valence electrons. The van der Waals surface area contributed by atoms with E-state index in [1.165, 1.54) is 6.07 Å². The van der Waals surface area contributed by atoms with E-state index in [9.17, 15) is 14.7 Å². The van der Waals surface area contributed by atoms with Crippen molar-refractivity contribution in [3.8, 4) is 17.2 Å². The van der Waals surface area contributed by atoms with Crippen molar-refractivity contribution in [3.05, 3.63) is 28.6 Å². The van der Waals surface area contributed by atoms with Gasteiger partial charge in [0, 0.05) is 6.92 Å². The molecular formula is C15H16O6. The lowest BCUT2D eigenvalue weighted by molar-refractivity contribution is -0.132. The molecule has 0 fully saturated rings. The minimum Gasteiger partial charge on any atom is -0.503 e. The number of esters is 1. The SMILES string of the molecule is CC(=O)Oc1c(O)c2c(OC(C)(C)C)cccc2oc1=O. The van der Waals surface area contributed by atoms with Gasteiger partial charge in [-0.2, -0.15) is 0 Å². The van der Waals surface area contributed by atoms with Gasteiger partial charge in [0.25, 0.3) is 5.75 Å². The Hall–Kier alpha value is -2.50. The fourth-order valence-electron chi connectivity index (χ4n) is 1.83. The number of carbonyl (C=O) groups is 1. The Bertz CT molecular complexity index is 751. The van der Waals surface area contributed by atoms with Gasteiger partial charge in [-0.25, -0.2) is 4.79 Å². The zero-order valence-corrected chi connectivity index (χ0v) is 12.2. The van der Waals surface area contributed by atoms with E-state index in [1.807, 2.05) is 20.8 Å². The number of hydrogen-bond donors (Lipinski definition) is 1. The van der Waals surface area contributed by atoms with Gasteiger partial charge in [0.1, 0.15) is 22.3 Å². The molecule has 0 aliphatic carbocycles. The quantitative estimate of drug-likeness (QED) is 0.676. The molecule has 2 aromatic rings. The van der Waals surface area contributed by atoms with Crippen molar-refractivity contribution in [2.45, 2.75) is 33.3 Å². The number of fused-ring (bicyclic) bond motifs is 1. The molecule has 0 amide bonds. The number of ether oxygens (including phenoxy) is 2. The predicted octanol–water partition coefficient (Wildman–Crippen LogP) is 2.60. The van der Waals surface area contributed by atoms with Crippen LogP contribution in [0, 0.1) is 0 Å². The smallest absolute Gasteiger partial charge is 0.383 e. The molecule has 0 radical (unpaired) electrons. The number of aromatic hydroxyl groups is 1. The van der Waals surface area contributed by atoms with Gasteiger partial charge in [-0.05, 0) is 32.9 Å². The highest BCUT2D eigenvalue weighted by Crippen LogP contribution is 2.38. The number of hydrogen-bond acceptors (Lipinski definition) is 6. The summed E-state index contributed by atoms with van der Waals surface area (Å²) in [6.45, 7) is 6.65. The molecule has 0 bridgehead atoms. The van der Waals surface area contributed by atoms with E-state index in [0.29, 0.717) is 5.75 Å². The topological polar surface area (TPSA) is 86.0 Å². The van der Waals surface area contributed by atoms with Crippen LogP contribution in [-0.2, 0) is 4.79 Å². The van der Waals surface area contributed by atoms with Crippen molar-refractivity contribution in [3.63, 3.8) is 0 Å². The largest absolute Gasteiger partial charge is 0.503 e. The third kappa shape index (κ3) is 3.16. The molecule has 0 atom stereocenters. The highest BCUT2D eigenvalue weighted by Gasteiger charge is 2.22. The van der Waals surface area contributed by atoms with Gasteiger partial charge in [0.05, 0.1) is 0 Å². The lowest BCUT2D eigenvalue weighted by Gasteiger charge is -2.22. The van der Waals surface area contributed by atoms with E-state index in [1.54, 1.807) is 12.1 Å². The summed E-state index contributed by atoms with van der Waals surface area (Å²) in [5.41, 5.74) is -1.29. The van der Waals surface area contributed by atoms with E-state index in [4.69, 9.17) is 13.9 Å². The first-order valence-electron chi connectivity index (χ1n) is 6.35. The van der Waals surface area contributed by atoms with Crippen molar-refractivity contribution >= 4 is 16.9 Å². The van der Waals surface area contributed by atoms with E-state index in [2.05, 4.69) is 0 Å². The molecule has 0 spiro atoms. The van der Waals surface area contributed by atoms with Crippen LogP contribution in [0.2, 0.25) is 0 Å². The first kappa shape index (κ1) is 14.9. The summed E-state index contributed by atoms with van der Waals surface area (Å²) in [5.74, 6) is -1.42. The molecule has 1 aromatic heterocycles. The third-order valence-electron chi connectivity index (χ3n) is 2.49. The Labute approximate surface area is 120 Å². The minimum atomic E-state index is -0.928. The van der Waals surface area contributed by atoms with Gasteiger partial charge in [0.15, 0.2) is 5.75 Å². The minimum absolute atomic E-state index is 0.148. The normalized spacial score (nSPS) is 11.4. The van der Waals surface area contributed by atoms with E-state index in [0.717, 1.165) is 6.92 Å². The van der Waals surface area contributed by atoms with Crippen LogP contribution in [0.5, 0.6) is 17.2 Å².